The van der Waals surface area contributed by atoms with E-state index in [4.69, 9.17) is 9.47 Å². The first-order chi connectivity index (χ1) is 15.4. The summed E-state index contributed by atoms with van der Waals surface area (Å²) in [7, 11) is 0. The molecule has 4 nitrogen and oxygen atoms in total. The van der Waals surface area contributed by atoms with E-state index in [9.17, 15) is 22.8 Å². The number of hydrogen-bond acceptors (Lipinski definition) is 5. The van der Waals surface area contributed by atoms with Crippen LogP contribution in [0.25, 0.3) is 20.2 Å². The number of carbonyl (C=O) groups is 2. The molecule has 2 aromatic carbocycles. The fourth-order valence-corrected chi connectivity index (χ4v) is 4.81. The highest BCUT2D eigenvalue weighted by molar-refractivity contribution is 7.26. The number of benzene rings is 2. The summed E-state index contributed by atoms with van der Waals surface area (Å²) in [4.78, 5) is 23.4. The van der Waals surface area contributed by atoms with Crippen LogP contribution < -0.4 is 4.74 Å². The van der Waals surface area contributed by atoms with E-state index in [0.717, 1.165) is 11.3 Å². The molecular formula is C25H23F3O4S. The second-order valence-electron chi connectivity index (χ2n) is 7.83. The van der Waals surface area contributed by atoms with Crippen molar-refractivity contribution in [3.63, 3.8) is 0 Å². The van der Waals surface area contributed by atoms with Gasteiger partial charge in [-0.3, -0.25) is 0 Å². The Hall–Kier alpha value is -3.13. The average molecular weight is 477 g/mol. The molecule has 33 heavy (non-hydrogen) atoms. The third-order valence-corrected chi connectivity index (χ3v) is 6.46. The van der Waals surface area contributed by atoms with Crippen LogP contribution in [-0.2, 0) is 26.9 Å². The molecule has 0 fully saturated rings. The molecule has 0 aliphatic rings. The lowest BCUT2D eigenvalue weighted by Crippen LogP contribution is -2.11. The zero-order valence-corrected chi connectivity index (χ0v) is 19.3. The van der Waals surface area contributed by atoms with Gasteiger partial charge in [-0.15, -0.1) is 11.3 Å². The van der Waals surface area contributed by atoms with E-state index in [1.165, 1.54) is 19.9 Å². The Kier molecular flexibility index (Phi) is 6.97. The minimum atomic E-state index is -4.56. The van der Waals surface area contributed by atoms with Crippen molar-refractivity contribution in [2.45, 2.75) is 39.8 Å². The van der Waals surface area contributed by atoms with E-state index >= 15 is 0 Å². The molecule has 0 saturated carbocycles. The summed E-state index contributed by atoms with van der Waals surface area (Å²) < 4.78 is 53.4. The highest BCUT2D eigenvalue weighted by Gasteiger charge is 2.36. The molecule has 3 rings (SSSR count). The Labute approximate surface area is 193 Å². The van der Waals surface area contributed by atoms with Crippen molar-refractivity contribution < 1.29 is 32.2 Å². The van der Waals surface area contributed by atoms with Gasteiger partial charge < -0.3 is 9.47 Å². The summed E-state index contributed by atoms with van der Waals surface area (Å²) in [6.07, 6.45) is -4.21. The Bertz CT molecular complexity index is 1280. The van der Waals surface area contributed by atoms with Crippen molar-refractivity contribution >= 4 is 43.4 Å². The second kappa shape index (κ2) is 9.39. The van der Waals surface area contributed by atoms with Crippen molar-refractivity contribution in [1.29, 1.82) is 0 Å². The normalized spacial score (nSPS) is 11.6. The fourth-order valence-electron chi connectivity index (χ4n) is 3.43. The van der Waals surface area contributed by atoms with Crippen LogP contribution in [0.4, 0.5) is 13.2 Å². The molecule has 0 aliphatic heterocycles. The van der Waals surface area contributed by atoms with Gasteiger partial charge in [-0.2, -0.15) is 13.2 Å². The maximum atomic E-state index is 14.1. The highest BCUT2D eigenvalue weighted by atomic mass is 32.1. The number of fused-ring (bicyclic) bond motifs is 3. The van der Waals surface area contributed by atoms with Crippen molar-refractivity contribution in [2.75, 3.05) is 6.61 Å². The Morgan fingerprint density at radius 1 is 0.970 bits per heavy atom. The van der Waals surface area contributed by atoms with E-state index in [1.54, 1.807) is 25.1 Å². The third-order valence-electron chi connectivity index (χ3n) is 5.10. The van der Waals surface area contributed by atoms with Crippen molar-refractivity contribution in [3.8, 4) is 5.75 Å². The van der Waals surface area contributed by atoms with Gasteiger partial charge in [-0.25, -0.2) is 9.59 Å². The van der Waals surface area contributed by atoms with Gasteiger partial charge in [0.25, 0.3) is 0 Å². The van der Waals surface area contributed by atoms with Crippen LogP contribution >= 0.6 is 11.3 Å². The maximum Gasteiger partial charge on any atom is 0.418 e. The topological polar surface area (TPSA) is 52.6 Å². The standard InChI is InChI=1S/C25H23F3O4S/c1-13(2)23(29)31-12-6-7-16-8-9-18-17-10-11-19(32-24(30)14(3)4)15(5)21(17)33-22(18)20(16)25(26,27)28/h8-11H,1,3,6-7,12H2,2,4-5H3. The predicted octanol–water partition coefficient (Wildman–Crippen LogP) is 6.92. The van der Waals surface area contributed by atoms with Gasteiger partial charge in [-0.05, 0) is 51.3 Å². The van der Waals surface area contributed by atoms with Crippen LogP contribution in [-0.4, -0.2) is 18.5 Å². The van der Waals surface area contributed by atoms with Crippen LogP contribution in [0.2, 0.25) is 0 Å². The van der Waals surface area contributed by atoms with E-state index in [-0.39, 0.29) is 46.6 Å². The molecule has 0 N–H and O–H groups in total. The molecule has 0 saturated heterocycles. The monoisotopic (exact) mass is 476 g/mol. The van der Waals surface area contributed by atoms with Crippen molar-refractivity contribution in [2.24, 2.45) is 0 Å². The zero-order valence-electron chi connectivity index (χ0n) is 18.5. The molecule has 174 valence electrons. The SMILES string of the molecule is C=C(C)C(=O)OCCCc1ccc2c(sc3c(C)c(OC(=O)C(=C)C)ccc32)c1C(F)(F)F. The predicted molar refractivity (Wildman–Crippen MR) is 124 cm³/mol. The number of ether oxygens (including phenoxy) is 2. The average Bonchev–Trinajstić information content (AvgIpc) is 3.10. The number of carbonyl (C=O) groups excluding carboxylic acids is 2. The van der Waals surface area contributed by atoms with Crippen LogP contribution in [0.1, 0.15) is 37.0 Å². The highest BCUT2D eigenvalue weighted by Crippen LogP contribution is 2.46. The Morgan fingerprint density at radius 3 is 2.18 bits per heavy atom. The minimum Gasteiger partial charge on any atom is -0.462 e. The van der Waals surface area contributed by atoms with Gasteiger partial charge in [0.15, 0.2) is 0 Å². The van der Waals surface area contributed by atoms with Crippen LogP contribution in [0, 0.1) is 6.92 Å². The van der Waals surface area contributed by atoms with Gasteiger partial charge in [0.2, 0.25) is 0 Å². The smallest absolute Gasteiger partial charge is 0.418 e. The zero-order chi connectivity index (χ0) is 24.5. The molecule has 8 heteroatoms. The first-order valence-corrected chi connectivity index (χ1v) is 11.0. The van der Waals surface area contributed by atoms with Gasteiger partial charge in [0.1, 0.15) is 5.75 Å². The lowest BCUT2D eigenvalue weighted by molar-refractivity contribution is -0.139. The summed E-state index contributed by atoms with van der Waals surface area (Å²) in [6.45, 7) is 11.8. The fraction of sp³-hybridized carbons (Fsp3) is 0.280. The van der Waals surface area contributed by atoms with Crippen LogP contribution in [0.5, 0.6) is 5.75 Å². The molecule has 3 aromatic rings. The molecular weight excluding hydrogens is 453 g/mol. The molecule has 0 radical (unpaired) electrons. The summed E-state index contributed by atoms with van der Waals surface area (Å²) in [6, 6.07) is 6.40. The number of esters is 2. The molecule has 1 heterocycles. The first-order valence-electron chi connectivity index (χ1n) is 10.2. The number of aryl methyl sites for hydroxylation is 2. The van der Waals surface area contributed by atoms with E-state index in [0.29, 0.717) is 21.0 Å². The van der Waals surface area contributed by atoms with Gasteiger partial charge >= 0.3 is 18.1 Å². The van der Waals surface area contributed by atoms with Crippen LogP contribution in [0.15, 0.2) is 48.6 Å². The molecule has 1 aromatic heterocycles. The van der Waals surface area contributed by atoms with Crippen molar-refractivity contribution in [3.05, 3.63) is 65.3 Å². The molecule has 0 spiro atoms. The van der Waals surface area contributed by atoms with Gasteiger partial charge in [0.05, 0.1) is 12.2 Å². The summed E-state index contributed by atoms with van der Waals surface area (Å²) >= 11 is 1.02. The molecule has 0 amide bonds. The number of hydrogen-bond donors (Lipinski definition) is 0. The number of thiophene rings is 1. The first kappa shape index (κ1) is 24.5. The Morgan fingerprint density at radius 2 is 1.58 bits per heavy atom. The Balaban J connectivity index is 2.03. The summed E-state index contributed by atoms with van der Waals surface area (Å²) in [5.74, 6) is -0.871. The van der Waals surface area contributed by atoms with E-state index in [1.807, 2.05) is 0 Å². The van der Waals surface area contributed by atoms with E-state index < -0.39 is 23.7 Å². The van der Waals surface area contributed by atoms with Crippen molar-refractivity contribution in [1.82, 2.24) is 0 Å². The van der Waals surface area contributed by atoms with E-state index in [2.05, 4.69) is 13.2 Å². The number of alkyl halides is 3. The molecule has 0 bridgehead atoms. The van der Waals surface area contributed by atoms with Gasteiger partial charge in [-0.1, -0.05) is 25.3 Å². The minimum absolute atomic E-state index is 0.00397. The maximum absolute atomic E-state index is 14.1. The largest absolute Gasteiger partial charge is 0.462 e. The third kappa shape index (κ3) is 5.11. The van der Waals surface area contributed by atoms with Crippen LogP contribution in [0.3, 0.4) is 0 Å². The lowest BCUT2D eigenvalue weighted by atomic mass is 9.99. The lowest BCUT2D eigenvalue weighted by Gasteiger charge is -2.14. The number of halogens is 3. The second-order valence-corrected chi connectivity index (χ2v) is 8.85. The molecule has 0 aliphatic carbocycles. The number of rotatable bonds is 7. The van der Waals surface area contributed by atoms with Gasteiger partial charge in [0, 0.05) is 36.9 Å². The molecule has 0 unspecified atom stereocenters. The summed E-state index contributed by atoms with van der Waals surface area (Å²) in [5.41, 5.74) is 0.501. The quantitative estimate of drug-likeness (QED) is 0.161. The molecule has 0 atom stereocenters. The summed E-state index contributed by atoms with van der Waals surface area (Å²) in [5, 5.41) is 1.15.